The van der Waals surface area contributed by atoms with Crippen LogP contribution in [0.15, 0.2) is 30.3 Å². The Labute approximate surface area is 151 Å². The minimum atomic E-state index is -0.752. The molecule has 5 nitrogen and oxygen atoms in total. The summed E-state index contributed by atoms with van der Waals surface area (Å²) in [7, 11) is 0. The number of carbonyl (C=O) groups excluding carboxylic acids is 1. The molecule has 0 saturated heterocycles. The monoisotopic (exact) mass is 350 g/mol. The van der Waals surface area contributed by atoms with Crippen molar-refractivity contribution in [1.29, 1.82) is 0 Å². The quantitative estimate of drug-likeness (QED) is 0.536. The zero-order chi connectivity index (χ0) is 18.5. The Hall–Kier alpha value is -1.43. The van der Waals surface area contributed by atoms with E-state index in [1.807, 2.05) is 30.3 Å². The van der Waals surface area contributed by atoms with E-state index < -0.39 is 12.2 Å². The molecule has 5 heteroatoms. The molecule has 0 fully saturated rings. The molecule has 1 rings (SSSR count). The average Bonchev–Trinajstić information content (AvgIpc) is 2.61. The first-order chi connectivity index (χ1) is 12.0. The fourth-order valence-corrected chi connectivity index (χ4v) is 2.86. The molecule has 25 heavy (non-hydrogen) atoms. The predicted molar refractivity (Wildman–Crippen MR) is 97.5 cm³/mol. The molecule has 141 valence electrons. The van der Waals surface area contributed by atoms with Crippen LogP contribution in [0, 0.1) is 0 Å². The number of aliphatic hydroxyl groups excluding tert-OH is 2. The highest BCUT2D eigenvalue weighted by Gasteiger charge is 2.18. The molecule has 2 unspecified atom stereocenters. The fraction of sp³-hybridized carbons (Fsp3) is 0.650. The fourth-order valence-electron chi connectivity index (χ4n) is 2.86. The van der Waals surface area contributed by atoms with Gasteiger partial charge in [0.05, 0.1) is 25.4 Å². The van der Waals surface area contributed by atoms with E-state index in [1.54, 1.807) is 0 Å². The standard InChI is InChI=1S/C20H32NO4/c1-17(23)21(16-20(25)18-11-7-6-8-12-18)15-19(24)13-9-4-2-3-5-10-14-22/h6-8,11-12,19-20,24-25H,2-5,9-10,13-16H2,1H3. The summed E-state index contributed by atoms with van der Waals surface area (Å²) >= 11 is 0. The first kappa shape index (κ1) is 21.6. The van der Waals surface area contributed by atoms with Crippen LogP contribution < -0.4 is 0 Å². The largest absolute Gasteiger partial charge is 0.391 e. The van der Waals surface area contributed by atoms with Crippen molar-refractivity contribution in [2.75, 3.05) is 19.7 Å². The molecule has 0 aliphatic rings. The molecule has 1 aromatic rings. The molecule has 0 saturated carbocycles. The van der Waals surface area contributed by atoms with Crippen molar-refractivity contribution >= 4 is 5.91 Å². The topological polar surface area (TPSA) is 80.7 Å². The van der Waals surface area contributed by atoms with Crippen molar-refractivity contribution in [3.8, 4) is 0 Å². The van der Waals surface area contributed by atoms with Gasteiger partial charge >= 0.3 is 0 Å². The molecule has 1 aromatic carbocycles. The lowest BCUT2D eigenvalue weighted by Gasteiger charge is -2.26. The maximum absolute atomic E-state index is 11.8. The van der Waals surface area contributed by atoms with Crippen LogP contribution in [-0.2, 0) is 9.90 Å². The number of unbranched alkanes of at least 4 members (excludes halogenated alkanes) is 5. The Bertz CT molecular complexity index is 466. The summed E-state index contributed by atoms with van der Waals surface area (Å²) in [6.07, 6.45) is 5.14. The van der Waals surface area contributed by atoms with E-state index in [-0.39, 0.29) is 25.6 Å². The van der Waals surface area contributed by atoms with Crippen molar-refractivity contribution in [3.05, 3.63) is 35.9 Å². The zero-order valence-electron chi connectivity index (χ0n) is 15.3. The van der Waals surface area contributed by atoms with Crippen molar-refractivity contribution in [3.63, 3.8) is 0 Å². The normalized spacial score (nSPS) is 13.4. The second kappa shape index (κ2) is 12.9. The van der Waals surface area contributed by atoms with Gasteiger partial charge in [0.2, 0.25) is 5.91 Å². The molecule has 0 heterocycles. The molecule has 0 aromatic heterocycles. The van der Waals surface area contributed by atoms with Crippen LogP contribution in [0.25, 0.3) is 0 Å². The lowest BCUT2D eigenvalue weighted by molar-refractivity contribution is -0.131. The second-order valence-corrected chi connectivity index (χ2v) is 6.62. The van der Waals surface area contributed by atoms with Gasteiger partial charge < -0.3 is 15.1 Å². The SMILES string of the molecule is CC(=O)N(CC(O)CCCCCCCC[O])CC(O)c1ccccc1. The van der Waals surface area contributed by atoms with E-state index in [9.17, 15) is 20.1 Å². The van der Waals surface area contributed by atoms with E-state index in [0.29, 0.717) is 6.42 Å². The molecule has 0 bridgehead atoms. The third-order valence-corrected chi connectivity index (χ3v) is 4.39. The Morgan fingerprint density at radius 3 is 2.16 bits per heavy atom. The summed E-state index contributed by atoms with van der Waals surface area (Å²) in [5, 5.41) is 30.8. The number of rotatable bonds is 13. The minimum Gasteiger partial charge on any atom is -0.391 e. The minimum absolute atomic E-state index is 0.00836. The second-order valence-electron chi connectivity index (χ2n) is 6.62. The number of hydrogen-bond acceptors (Lipinski definition) is 3. The highest BCUT2D eigenvalue weighted by molar-refractivity contribution is 5.73. The zero-order valence-corrected chi connectivity index (χ0v) is 15.3. The van der Waals surface area contributed by atoms with Gasteiger partial charge in [-0.1, -0.05) is 62.4 Å². The van der Waals surface area contributed by atoms with Crippen molar-refractivity contribution < 1.29 is 20.1 Å². The summed E-state index contributed by atoms with van der Waals surface area (Å²) in [5.74, 6) is -0.147. The molecule has 1 amide bonds. The maximum Gasteiger partial charge on any atom is 0.219 e. The Balaban J connectivity index is 2.30. The van der Waals surface area contributed by atoms with E-state index in [2.05, 4.69) is 0 Å². The third kappa shape index (κ3) is 9.58. The lowest BCUT2D eigenvalue weighted by atomic mass is 10.1. The first-order valence-electron chi connectivity index (χ1n) is 9.29. The molecular weight excluding hydrogens is 318 g/mol. The van der Waals surface area contributed by atoms with E-state index in [0.717, 1.165) is 44.1 Å². The van der Waals surface area contributed by atoms with Crippen LogP contribution in [0.1, 0.15) is 63.5 Å². The summed E-state index contributed by atoms with van der Waals surface area (Å²) in [6, 6.07) is 9.23. The van der Waals surface area contributed by atoms with Crippen LogP contribution in [0.2, 0.25) is 0 Å². The van der Waals surface area contributed by atoms with Crippen molar-refractivity contribution in [2.45, 2.75) is 64.1 Å². The lowest BCUT2D eigenvalue weighted by Crippen LogP contribution is -2.38. The number of benzene rings is 1. The Morgan fingerprint density at radius 2 is 1.56 bits per heavy atom. The Kier molecular flexibility index (Phi) is 11.1. The van der Waals surface area contributed by atoms with Crippen LogP contribution in [0.5, 0.6) is 0 Å². The summed E-state index contributed by atoms with van der Waals surface area (Å²) in [4.78, 5) is 13.3. The molecule has 0 aliphatic heterocycles. The van der Waals surface area contributed by atoms with Gasteiger partial charge in [-0.05, 0) is 18.4 Å². The van der Waals surface area contributed by atoms with Gasteiger partial charge in [-0.3, -0.25) is 4.79 Å². The molecule has 0 aliphatic carbocycles. The number of hydrogen-bond donors (Lipinski definition) is 2. The predicted octanol–water partition coefficient (Wildman–Crippen LogP) is 3.09. The molecule has 2 atom stereocenters. The highest BCUT2D eigenvalue weighted by atomic mass is 16.3. The molecular formula is C20H32NO4. The van der Waals surface area contributed by atoms with Crippen molar-refractivity contribution in [1.82, 2.24) is 4.90 Å². The molecule has 2 N–H and O–H groups in total. The van der Waals surface area contributed by atoms with Gasteiger partial charge in [0.15, 0.2) is 0 Å². The van der Waals surface area contributed by atoms with Gasteiger partial charge in [0, 0.05) is 13.5 Å². The Morgan fingerprint density at radius 1 is 0.960 bits per heavy atom. The maximum atomic E-state index is 11.8. The molecule has 1 radical (unpaired) electrons. The number of carbonyl (C=O) groups is 1. The summed E-state index contributed by atoms with van der Waals surface area (Å²) < 4.78 is 0. The van der Waals surface area contributed by atoms with Crippen LogP contribution >= 0.6 is 0 Å². The van der Waals surface area contributed by atoms with Gasteiger partial charge in [0.1, 0.15) is 0 Å². The number of nitrogens with zero attached hydrogens (tertiary/aromatic N) is 1. The van der Waals surface area contributed by atoms with Gasteiger partial charge in [-0.2, -0.15) is 0 Å². The van der Waals surface area contributed by atoms with Gasteiger partial charge in [0.25, 0.3) is 0 Å². The summed E-state index contributed by atoms with van der Waals surface area (Å²) in [5.41, 5.74) is 0.765. The third-order valence-electron chi connectivity index (χ3n) is 4.39. The van der Waals surface area contributed by atoms with E-state index >= 15 is 0 Å². The van der Waals surface area contributed by atoms with Crippen LogP contribution in [0.4, 0.5) is 0 Å². The molecule has 0 spiro atoms. The van der Waals surface area contributed by atoms with Gasteiger partial charge in [-0.15, -0.1) is 0 Å². The summed E-state index contributed by atoms with van der Waals surface area (Å²) in [6.45, 7) is 1.90. The van der Waals surface area contributed by atoms with E-state index in [1.165, 1.54) is 11.8 Å². The van der Waals surface area contributed by atoms with Crippen molar-refractivity contribution in [2.24, 2.45) is 0 Å². The number of aliphatic hydroxyl groups is 2. The smallest absolute Gasteiger partial charge is 0.219 e. The van der Waals surface area contributed by atoms with Gasteiger partial charge in [-0.25, -0.2) is 5.11 Å². The highest BCUT2D eigenvalue weighted by Crippen LogP contribution is 2.15. The van der Waals surface area contributed by atoms with Crippen LogP contribution in [0.3, 0.4) is 0 Å². The van der Waals surface area contributed by atoms with E-state index in [4.69, 9.17) is 0 Å². The average molecular weight is 350 g/mol. The number of amides is 1. The van der Waals surface area contributed by atoms with Crippen LogP contribution in [-0.4, -0.2) is 46.8 Å². The first-order valence-corrected chi connectivity index (χ1v) is 9.29.